The molecule has 0 aromatic carbocycles. The van der Waals surface area contributed by atoms with E-state index in [1.807, 2.05) is 30.3 Å². The average molecular weight is 335 g/mol. The molecule has 2 aliphatic rings. The Morgan fingerprint density at radius 3 is 2.83 bits per heavy atom. The van der Waals surface area contributed by atoms with E-state index in [1.165, 1.54) is 12.8 Å². The Bertz CT molecular complexity index is 689. The van der Waals surface area contributed by atoms with Crippen LogP contribution in [0.3, 0.4) is 0 Å². The van der Waals surface area contributed by atoms with Gasteiger partial charge in [0.2, 0.25) is 5.91 Å². The Morgan fingerprint density at radius 2 is 2.09 bits per heavy atom. The number of pyridine rings is 1. The number of amides is 1. The lowest BCUT2D eigenvalue weighted by Crippen LogP contribution is -2.49. The highest BCUT2D eigenvalue weighted by atomic mass is 35.5. The highest BCUT2D eigenvalue weighted by Gasteiger charge is 2.36. The normalized spacial score (nSPS) is 26.0. The van der Waals surface area contributed by atoms with Crippen molar-refractivity contribution in [1.29, 1.82) is 0 Å². The maximum absolute atomic E-state index is 12.7. The molecule has 0 saturated carbocycles. The molecule has 0 spiro atoms. The van der Waals surface area contributed by atoms with Crippen LogP contribution in [0.5, 0.6) is 0 Å². The van der Waals surface area contributed by atoms with Gasteiger partial charge in [-0.1, -0.05) is 0 Å². The molecule has 2 bridgehead atoms. The van der Waals surface area contributed by atoms with Crippen LogP contribution in [0.2, 0.25) is 0 Å². The maximum atomic E-state index is 12.7. The van der Waals surface area contributed by atoms with Crippen molar-refractivity contribution >= 4 is 29.3 Å². The van der Waals surface area contributed by atoms with Gasteiger partial charge < -0.3 is 15.2 Å². The molecule has 6 heteroatoms. The topological polar surface area (TPSA) is 61.0 Å². The minimum absolute atomic E-state index is 0. The summed E-state index contributed by atoms with van der Waals surface area (Å²) < 4.78 is 0. The Morgan fingerprint density at radius 1 is 1.35 bits per heavy atom. The molecule has 4 rings (SSSR count). The van der Waals surface area contributed by atoms with Gasteiger partial charge in [-0.15, -0.1) is 12.4 Å². The van der Waals surface area contributed by atoms with E-state index in [0.717, 1.165) is 29.4 Å². The summed E-state index contributed by atoms with van der Waals surface area (Å²) in [5.41, 5.74) is 1.89. The van der Waals surface area contributed by atoms with E-state index in [9.17, 15) is 4.79 Å². The van der Waals surface area contributed by atoms with Crippen molar-refractivity contribution in [1.82, 2.24) is 20.2 Å². The van der Waals surface area contributed by atoms with Crippen LogP contribution >= 0.6 is 12.4 Å². The Kier molecular flexibility index (Phi) is 4.60. The number of nitrogens with one attached hydrogen (secondary N) is 2. The van der Waals surface area contributed by atoms with E-state index in [0.29, 0.717) is 24.5 Å². The highest BCUT2D eigenvalue weighted by molar-refractivity contribution is 5.87. The van der Waals surface area contributed by atoms with Gasteiger partial charge in [-0.3, -0.25) is 4.79 Å². The van der Waals surface area contributed by atoms with Crippen LogP contribution in [-0.2, 0) is 11.2 Å². The van der Waals surface area contributed by atoms with Gasteiger partial charge in [-0.05, 0) is 43.4 Å². The standard InChI is InChI=1S/C17H22N4O.ClH/c1-21(14-8-12-4-5-13(9-14)20-12)16(22)7-11-10-19-17-15(11)3-2-6-18-17;/h2-3,6,10,12-14,20H,4-5,7-9H2,1H3,(H,18,19);1H. The number of hydrogen-bond acceptors (Lipinski definition) is 3. The van der Waals surface area contributed by atoms with Gasteiger partial charge in [0.05, 0.1) is 6.42 Å². The molecule has 2 atom stereocenters. The fourth-order valence-corrected chi connectivity index (χ4v) is 3.99. The monoisotopic (exact) mass is 334 g/mol. The van der Waals surface area contributed by atoms with Crippen molar-refractivity contribution < 1.29 is 4.79 Å². The van der Waals surface area contributed by atoms with Crippen molar-refractivity contribution in [2.75, 3.05) is 7.05 Å². The summed E-state index contributed by atoms with van der Waals surface area (Å²) in [6.45, 7) is 0. The smallest absolute Gasteiger partial charge is 0.227 e. The second kappa shape index (κ2) is 6.49. The van der Waals surface area contributed by atoms with Gasteiger partial charge in [-0.2, -0.15) is 0 Å². The summed E-state index contributed by atoms with van der Waals surface area (Å²) >= 11 is 0. The molecule has 0 aliphatic carbocycles. The van der Waals surface area contributed by atoms with E-state index >= 15 is 0 Å². The van der Waals surface area contributed by atoms with Gasteiger partial charge in [0.15, 0.2) is 0 Å². The van der Waals surface area contributed by atoms with E-state index in [4.69, 9.17) is 0 Å². The molecular weight excluding hydrogens is 312 g/mol. The molecule has 2 unspecified atom stereocenters. The number of carbonyl (C=O) groups excluding carboxylic acids is 1. The first-order valence-electron chi connectivity index (χ1n) is 8.13. The SMILES string of the molecule is CN(C(=O)Cc1c[nH]c2ncccc12)C1CC2CCC(C1)N2.Cl. The number of piperidine rings is 1. The average Bonchev–Trinajstić information content (AvgIpc) is 3.10. The number of aromatic amines is 1. The zero-order chi connectivity index (χ0) is 15.1. The first kappa shape index (κ1) is 16.3. The number of halogens is 1. The first-order valence-corrected chi connectivity index (χ1v) is 8.13. The van der Waals surface area contributed by atoms with Crippen LogP contribution in [0.1, 0.15) is 31.2 Å². The van der Waals surface area contributed by atoms with Gasteiger partial charge in [0.25, 0.3) is 0 Å². The van der Waals surface area contributed by atoms with E-state index < -0.39 is 0 Å². The van der Waals surface area contributed by atoms with Crippen LogP contribution in [0.25, 0.3) is 11.0 Å². The molecule has 2 fully saturated rings. The number of fused-ring (bicyclic) bond motifs is 3. The summed E-state index contributed by atoms with van der Waals surface area (Å²) in [5.74, 6) is 0.205. The molecule has 23 heavy (non-hydrogen) atoms. The third-order valence-corrected chi connectivity index (χ3v) is 5.27. The number of H-pyrrole nitrogens is 1. The maximum Gasteiger partial charge on any atom is 0.227 e. The summed E-state index contributed by atoms with van der Waals surface area (Å²) in [6.07, 6.45) is 8.83. The zero-order valence-corrected chi connectivity index (χ0v) is 14.1. The molecule has 0 radical (unpaired) electrons. The van der Waals surface area contributed by atoms with Crippen molar-refractivity contribution in [3.8, 4) is 0 Å². The lowest BCUT2D eigenvalue weighted by atomic mass is 9.98. The van der Waals surface area contributed by atoms with Gasteiger partial charge in [0, 0.05) is 43.0 Å². The molecule has 2 saturated heterocycles. The predicted octanol–water partition coefficient (Wildman–Crippen LogP) is 2.27. The molecule has 2 aromatic heterocycles. The second-order valence-electron chi connectivity index (χ2n) is 6.66. The Balaban J connectivity index is 0.00000156. The lowest BCUT2D eigenvalue weighted by molar-refractivity contribution is -0.131. The van der Waals surface area contributed by atoms with E-state index in [2.05, 4.69) is 15.3 Å². The van der Waals surface area contributed by atoms with Crippen LogP contribution in [0, 0.1) is 0 Å². The van der Waals surface area contributed by atoms with E-state index in [-0.39, 0.29) is 18.3 Å². The fraction of sp³-hybridized carbons (Fsp3) is 0.529. The van der Waals surface area contributed by atoms with Crippen molar-refractivity contribution in [2.45, 2.75) is 50.2 Å². The van der Waals surface area contributed by atoms with Crippen molar-refractivity contribution in [3.05, 3.63) is 30.1 Å². The first-order chi connectivity index (χ1) is 10.7. The zero-order valence-electron chi connectivity index (χ0n) is 13.3. The lowest BCUT2D eigenvalue weighted by Gasteiger charge is -2.35. The predicted molar refractivity (Wildman–Crippen MR) is 92.8 cm³/mol. The molecule has 124 valence electrons. The molecule has 2 aliphatic heterocycles. The number of hydrogen-bond donors (Lipinski definition) is 2. The second-order valence-corrected chi connectivity index (χ2v) is 6.66. The van der Waals surface area contributed by atoms with Gasteiger partial charge in [-0.25, -0.2) is 4.98 Å². The molecule has 4 heterocycles. The fourth-order valence-electron chi connectivity index (χ4n) is 3.99. The third-order valence-electron chi connectivity index (χ3n) is 5.27. The molecular formula is C17H23ClN4O. The number of carbonyl (C=O) groups is 1. The Hall–Kier alpha value is -1.59. The molecule has 1 amide bonds. The number of likely N-dealkylation sites (N-methyl/N-ethyl adjacent to an activating group) is 1. The minimum atomic E-state index is 0. The molecule has 2 N–H and O–H groups in total. The number of aromatic nitrogens is 2. The van der Waals surface area contributed by atoms with Gasteiger partial charge >= 0.3 is 0 Å². The summed E-state index contributed by atoms with van der Waals surface area (Å²) in [5, 5.41) is 4.68. The van der Waals surface area contributed by atoms with E-state index in [1.54, 1.807) is 6.20 Å². The number of nitrogens with zero attached hydrogens (tertiary/aromatic N) is 2. The quantitative estimate of drug-likeness (QED) is 0.905. The number of rotatable bonds is 3. The summed E-state index contributed by atoms with van der Waals surface area (Å²) in [7, 11) is 1.96. The molecule has 5 nitrogen and oxygen atoms in total. The highest BCUT2D eigenvalue weighted by Crippen LogP contribution is 2.29. The molecule has 2 aromatic rings. The Labute approximate surface area is 142 Å². The van der Waals surface area contributed by atoms with Crippen molar-refractivity contribution in [2.24, 2.45) is 0 Å². The summed E-state index contributed by atoms with van der Waals surface area (Å²) in [6, 6.07) is 5.53. The van der Waals surface area contributed by atoms with Crippen molar-refractivity contribution in [3.63, 3.8) is 0 Å². The van der Waals surface area contributed by atoms with Crippen LogP contribution in [-0.4, -0.2) is 45.9 Å². The van der Waals surface area contributed by atoms with Crippen LogP contribution in [0.4, 0.5) is 0 Å². The largest absolute Gasteiger partial charge is 0.346 e. The van der Waals surface area contributed by atoms with Crippen LogP contribution in [0.15, 0.2) is 24.5 Å². The van der Waals surface area contributed by atoms with Crippen LogP contribution < -0.4 is 5.32 Å². The third kappa shape index (κ3) is 3.08. The van der Waals surface area contributed by atoms with Gasteiger partial charge in [0.1, 0.15) is 5.65 Å². The minimum Gasteiger partial charge on any atom is -0.346 e. The summed E-state index contributed by atoms with van der Waals surface area (Å²) in [4.78, 5) is 22.1.